The molecule has 0 aromatic carbocycles. The van der Waals surface area contributed by atoms with Gasteiger partial charge in [-0.15, -0.1) is 11.3 Å². The van der Waals surface area contributed by atoms with Gasteiger partial charge in [0.25, 0.3) is 0 Å². The molecule has 1 fully saturated rings. The van der Waals surface area contributed by atoms with E-state index in [-0.39, 0.29) is 0 Å². The highest BCUT2D eigenvalue weighted by atomic mass is 32.1. The zero-order valence-corrected chi connectivity index (χ0v) is 12.9. The summed E-state index contributed by atoms with van der Waals surface area (Å²) in [7, 11) is 0. The molecule has 2 aromatic heterocycles. The van der Waals surface area contributed by atoms with Crippen molar-refractivity contribution in [1.82, 2.24) is 9.97 Å². The number of thiophene rings is 1. The van der Waals surface area contributed by atoms with Gasteiger partial charge >= 0.3 is 0 Å². The van der Waals surface area contributed by atoms with Gasteiger partial charge in [0.1, 0.15) is 10.6 Å². The fourth-order valence-electron chi connectivity index (χ4n) is 2.40. The van der Waals surface area contributed by atoms with E-state index in [0.29, 0.717) is 38.5 Å². The Labute approximate surface area is 127 Å². The van der Waals surface area contributed by atoms with Crippen LogP contribution in [0.3, 0.4) is 0 Å². The van der Waals surface area contributed by atoms with Crippen molar-refractivity contribution in [2.24, 2.45) is 0 Å². The minimum atomic E-state index is -0.718. The van der Waals surface area contributed by atoms with Gasteiger partial charge in [-0.1, -0.05) is 0 Å². The van der Waals surface area contributed by atoms with E-state index in [1.54, 1.807) is 11.3 Å². The molecule has 1 aliphatic rings. The van der Waals surface area contributed by atoms with Crippen molar-refractivity contribution in [3.8, 4) is 0 Å². The van der Waals surface area contributed by atoms with Gasteiger partial charge < -0.3 is 20.5 Å². The number of ether oxygens (including phenoxy) is 1. The summed E-state index contributed by atoms with van der Waals surface area (Å²) in [5.74, 6) is 1.39. The van der Waals surface area contributed by atoms with Gasteiger partial charge in [-0.25, -0.2) is 4.98 Å². The summed E-state index contributed by atoms with van der Waals surface area (Å²) in [5.41, 5.74) is -0.718. The van der Waals surface area contributed by atoms with Crippen LogP contribution in [0.2, 0.25) is 0 Å². The first-order valence-corrected chi connectivity index (χ1v) is 8.11. The van der Waals surface area contributed by atoms with Crippen LogP contribution in [0.15, 0.2) is 11.4 Å². The summed E-state index contributed by atoms with van der Waals surface area (Å²) < 4.78 is 5.30. The number of hydrogen-bond acceptors (Lipinski definition) is 7. The molecule has 0 atom stereocenters. The lowest BCUT2D eigenvalue weighted by atomic mass is 9.94. The molecule has 0 spiro atoms. The normalized spacial score (nSPS) is 17.8. The molecule has 3 heterocycles. The molecule has 0 unspecified atom stereocenters. The van der Waals surface area contributed by atoms with E-state index in [2.05, 4.69) is 20.6 Å². The number of aliphatic hydroxyl groups is 1. The third kappa shape index (κ3) is 3.25. The SMILES string of the molecule is CCNc1nc(NCC2(O)CCOCC2)c2ccsc2n1. The Hall–Kier alpha value is -1.44. The lowest BCUT2D eigenvalue weighted by Crippen LogP contribution is -2.42. The van der Waals surface area contributed by atoms with E-state index in [1.165, 1.54) is 0 Å². The fourth-order valence-corrected chi connectivity index (χ4v) is 3.17. The van der Waals surface area contributed by atoms with Crippen molar-refractivity contribution in [2.45, 2.75) is 25.4 Å². The Morgan fingerprint density at radius 3 is 2.90 bits per heavy atom. The number of rotatable bonds is 5. The van der Waals surface area contributed by atoms with Gasteiger partial charge in [-0.05, 0) is 18.4 Å². The average Bonchev–Trinajstić information content (AvgIpc) is 2.94. The largest absolute Gasteiger partial charge is 0.388 e. The third-order valence-electron chi connectivity index (χ3n) is 3.67. The molecule has 0 aliphatic carbocycles. The number of nitrogens with one attached hydrogen (secondary N) is 2. The second-order valence-corrected chi connectivity index (χ2v) is 6.15. The van der Waals surface area contributed by atoms with Gasteiger partial charge in [0, 0.05) is 39.1 Å². The predicted molar refractivity (Wildman–Crippen MR) is 85.1 cm³/mol. The molecule has 114 valence electrons. The first-order valence-electron chi connectivity index (χ1n) is 7.23. The van der Waals surface area contributed by atoms with Crippen LogP contribution in [-0.4, -0.2) is 47.0 Å². The van der Waals surface area contributed by atoms with Crippen molar-refractivity contribution in [3.63, 3.8) is 0 Å². The van der Waals surface area contributed by atoms with Crippen molar-refractivity contribution < 1.29 is 9.84 Å². The molecule has 21 heavy (non-hydrogen) atoms. The van der Waals surface area contributed by atoms with Crippen molar-refractivity contribution in [1.29, 1.82) is 0 Å². The second kappa shape index (κ2) is 6.13. The highest BCUT2D eigenvalue weighted by Gasteiger charge is 2.29. The Morgan fingerprint density at radius 1 is 1.33 bits per heavy atom. The molecule has 0 amide bonds. The van der Waals surface area contributed by atoms with Crippen molar-refractivity contribution >= 4 is 33.3 Å². The molecule has 7 heteroatoms. The van der Waals surface area contributed by atoms with Crippen LogP contribution in [0.25, 0.3) is 10.2 Å². The van der Waals surface area contributed by atoms with E-state index < -0.39 is 5.60 Å². The summed E-state index contributed by atoms with van der Waals surface area (Å²) in [6.45, 7) is 4.48. The standard InChI is InChI=1S/C14H20N4O2S/c1-2-15-13-17-11(10-3-8-21-12(10)18-13)16-9-14(19)4-6-20-7-5-14/h3,8,19H,2,4-7,9H2,1H3,(H2,15,16,17,18). The van der Waals surface area contributed by atoms with Gasteiger partial charge in [0.15, 0.2) is 0 Å². The van der Waals surface area contributed by atoms with E-state index in [4.69, 9.17) is 4.74 Å². The van der Waals surface area contributed by atoms with Crippen LogP contribution in [0.4, 0.5) is 11.8 Å². The highest BCUT2D eigenvalue weighted by Crippen LogP contribution is 2.28. The van der Waals surface area contributed by atoms with Gasteiger partial charge in [-0.3, -0.25) is 0 Å². The highest BCUT2D eigenvalue weighted by molar-refractivity contribution is 7.16. The molecular formula is C14H20N4O2S. The van der Waals surface area contributed by atoms with E-state index in [9.17, 15) is 5.11 Å². The molecule has 0 saturated carbocycles. The van der Waals surface area contributed by atoms with Gasteiger partial charge in [0.2, 0.25) is 5.95 Å². The van der Waals surface area contributed by atoms with E-state index in [0.717, 1.165) is 22.6 Å². The zero-order chi connectivity index (χ0) is 14.7. The molecule has 6 nitrogen and oxygen atoms in total. The molecule has 3 N–H and O–H groups in total. The molecule has 0 bridgehead atoms. The number of hydrogen-bond donors (Lipinski definition) is 3. The van der Waals surface area contributed by atoms with Crippen LogP contribution in [0.1, 0.15) is 19.8 Å². The average molecular weight is 308 g/mol. The lowest BCUT2D eigenvalue weighted by Gasteiger charge is -2.32. The fraction of sp³-hybridized carbons (Fsp3) is 0.571. The maximum Gasteiger partial charge on any atom is 0.226 e. The van der Waals surface area contributed by atoms with E-state index in [1.807, 2.05) is 18.4 Å². The summed E-state index contributed by atoms with van der Waals surface area (Å²) in [4.78, 5) is 9.93. The third-order valence-corrected chi connectivity index (χ3v) is 4.47. The van der Waals surface area contributed by atoms with E-state index >= 15 is 0 Å². The zero-order valence-electron chi connectivity index (χ0n) is 12.1. The quantitative estimate of drug-likeness (QED) is 0.785. The summed E-state index contributed by atoms with van der Waals surface area (Å²) in [6.07, 6.45) is 1.30. The Kier molecular flexibility index (Phi) is 4.23. The molecule has 2 aromatic rings. The number of fused-ring (bicyclic) bond motifs is 1. The summed E-state index contributed by atoms with van der Waals surface area (Å²) in [6, 6.07) is 2.01. The minimum absolute atomic E-state index is 0.476. The van der Waals surface area contributed by atoms with Crippen LogP contribution < -0.4 is 10.6 Å². The van der Waals surface area contributed by atoms with Crippen molar-refractivity contribution in [3.05, 3.63) is 11.4 Å². The van der Waals surface area contributed by atoms with Crippen molar-refractivity contribution in [2.75, 3.05) is 36.9 Å². The summed E-state index contributed by atoms with van der Waals surface area (Å²) >= 11 is 1.59. The summed E-state index contributed by atoms with van der Waals surface area (Å²) in [5, 5.41) is 20.0. The first kappa shape index (κ1) is 14.5. The number of nitrogens with zero attached hydrogens (tertiary/aromatic N) is 2. The maximum atomic E-state index is 10.5. The second-order valence-electron chi connectivity index (χ2n) is 5.26. The van der Waals surface area contributed by atoms with Crippen LogP contribution in [0, 0.1) is 0 Å². The topological polar surface area (TPSA) is 79.3 Å². The Bertz CT molecular complexity index is 610. The minimum Gasteiger partial charge on any atom is -0.388 e. The number of anilines is 2. The maximum absolute atomic E-state index is 10.5. The van der Waals surface area contributed by atoms with Crippen LogP contribution in [-0.2, 0) is 4.74 Å². The smallest absolute Gasteiger partial charge is 0.226 e. The Morgan fingerprint density at radius 2 is 2.14 bits per heavy atom. The van der Waals surface area contributed by atoms with Crippen LogP contribution in [0.5, 0.6) is 0 Å². The van der Waals surface area contributed by atoms with Crippen LogP contribution >= 0.6 is 11.3 Å². The Balaban J connectivity index is 1.80. The van der Waals surface area contributed by atoms with Gasteiger partial charge in [0.05, 0.1) is 11.0 Å². The molecule has 1 aliphatic heterocycles. The lowest BCUT2D eigenvalue weighted by molar-refractivity contribution is -0.0543. The first-order chi connectivity index (χ1) is 10.2. The molecular weight excluding hydrogens is 288 g/mol. The molecule has 0 radical (unpaired) electrons. The van der Waals surface area contributed by atoms with Gasteiger partial charge in [-0.2, -0.15) is 4.98 Å². The molecule has 3 rings (SSSR count). The number of aromatic nitrogens is 2. The molecule has 1 saturated heterocycles. The monoisotopic (exact) mass is 308 g/mol. The predicted octanol–water partition coefficient (Wildman–Crippen LogP) is 2.08.